The Hall–Kier alpha value is -1.72. The zero-order chi connectivity index (χ0) is 11.5. The van der Waals surface area contributed by atoms with Gasteiger partial charge in [0.1, 0.15) is 5.69 Å². The molecule has 1 atom stereocenters. The molecule has 2 rings (SSSR count). The number of hydrazine groups is 1. The second kappa shape index (κ2) is 4.42. The van der Waals surface area contributed by atoms with Gasteiger partial charge in [0, 0.05) is 0 Å². The maximum absolute atomic E-state index is 5.58. The first-order chi connectivity index (χ1) is 7.72. The Balaban J connectivity index is 2.44. The lowest BCUT2D eigenvalue weighted by molar-refractivity contribution is 0.615. The summed E-state index contributed by atoms with van der Waals surface area (Å²) in [6.07, 6.45) is 1.67. The standard InChI is InChI=1S/C11H15N5/c1-7-3-4-8(2)9(5-7)11(14-12)10-6-13-16-15-10/h3-6,11,14H,12H2,1-2H3,(H,13,15,16). The summed E-state index contributed by atoms with van der Waals surface area (Å²) in [5.41, 5.74) is 7.05. The molecule has 16 heavy (non-hydrogen) atoms. The molecule has 0 spiro atoms. The lowest BCUT2D eigenvalue weighted by Gasteiger charge is -2.16. The van der Waals surface area contributed by atoms with Crippen LogP contribution in [0.15, 0.2) is 24.4 Å². The van der Waals surface area contributed by atoms with Gasteiger partial charge >= 0.3 is 0 Å². The van der Waals surface area contributed by atoms with Gasteiger partial charge in [-0.05, 0) is 25.0 Å². The van der Waals surface area contributed by atoms with Crippen molar-refractivity contribution in [3.63, 3.8) is 0 Å². The van der Waals surface area contributed by atoms with Crippen LogP contribution < -0.4 is 11.3 Å². The first-order valence-corrected chi connectivity index (χ1v) is 5.11. The number of nitrogens with zero attached hydrogens (tertiary/aromatic N) is 2. The van der Waals surface area contributed by atoms with Crippen molar-refractivity contribution in [1.29, 1.82) is 0 Å². The van der Waals surface area contributed by atoms with E-state index in [0.717, 1.165) is 11.3 Å². The summed E-state index contributed by atoms with van der Waals surface area (Å²) >= 11 is 0. The molecular weight excluding hydrogens is 202 g/mol. The molecule has 0 bridgehead atoms. The van der Waals surface area contributed by atoms with Crippen molar-refractivity contribution >= 4 is 0 Å². The fraction of sp³-hybridized carbons (Fsp3) is 0.273. The van der Waals surface area contributed by atoms with Gasteiger partial charge < -0.3 is 0 Å². The first-order valence-electron chi connectivity index (χ1n) is 5.11. The summed E-state index contributed by atoms with van der Waals surface area (Å²) in [6.45, 7) is 4.11. The predicted molar refractivity (Wildman–Crippen MR) is 61.5 cm³/mol. The molecule has 0 fully saturated rings. The Kier molecular flexibility index (Phi) is 2.98. The fourth-order valence-electron chi connectivity index (χ4n) is 1.75. The molecule has 0 radical (unpaired) electrons. The Morgan fingerprint density at radius 2 is 2.19 bits per heavy atom. The molecule has 1 heterocycles. The average molecular weight is 217 g/mol. The van der Waals surface area contributed by atoms with Crippen molar-refractivity contribution in [2.75, 3.05) is 0 Å². The molecule has 0 aliphatic heterocycles. The lowest BCUT2D eigenvalue weighted by atomic mass is 9.97. The number of nitrogens with one attached hydrogen (secondary N) is 2. The number of aryl methyl sites for hydroxylation is 2. The van der Waals surface area contributed by atoms with E-state index in [1.165, 1.54) is 11.1 Å². The van der Waals surface area contributed by atoms with Gasteiger partial charge in [-0.3, -0.25) is 5.84 Å². The Bertz CT molecular complexity index is 463. The Labute approximate surface area is 94.0 Å². The molecule has 0 saturated carbocycles. The van der Waals surface area contributed by atoms with E-state index in [0.29, 0.717) is 0 Å². The minimum atomic E-state index is -0.126. The summed E-state index contributed by atoms with van der Waals surface area (Å²) < 4.78 is 0. The number of nitrogens with two attached hydrogens (primary N) is 1. The normalized spacial score (nSPS) is 12.7. The van der Waals surface area contributed by atoms with Crippen molar-refractivity contribution < 1.29 is 0 Å². The highest BCUT2D eigenvalue weighted by molar-refractivity contribution is 5.36. The zero-order valence-electron chi connectivity index (χ0n) is 9.36. The number of hydrogen-bond donors (Lipinski definition) is 3. The van der Waals surface area contributed by atoms with Crippen LogP contribution in [-0.4, -0.2) is 15.4 Å². The lowest BCUT2D eigenvalue weighted by Crippen LogP contribution is -2.29. The molecule has 84 valence electrons. The zero-order valence-corrected chi connectivity index (χ0v) is 9.36. The summed E-state index contributed by atoms with van der Waals surface area (Å²) in [6, 6.07) is 6.14. The second-order valence-electron chi connectivity index (χ2n) is 3.85. The van der Waals surface area contributed by atoms with E-state index in [1.807, 2.05) is 0 Å². The fourth-order valence-corrected chi connectivity index (χ4v) is 1.75. The monoisotopic (exact) mass is 217 g/mol. The molecule has 5 heteroatoms. The van der Waals surface area contributed by atoms with Crippen LogP contribution in [0.4, 0.5) is 0 Å². The van der Waals surface area contributed by atoms with Crippen LogP contribution in [0.3, 0.4) is 0 Å². The van der Waals surface area contributed by atoms with Crippen LogP contribution in [0.25, 0.3) is 0 Å². The largest absolute Gasteiger partial charge is 0.271 e. The summed E-state index contributed by atoms with van der Waals surface area (Å²) in [7, 11) is 0. The molecule has 0 aliphatic carbocycles. The van der Waals surface area contributed by atoms with Crippen LogP contribution in [-0.2, 0) is 0 Å². The van der Waals surface area contributed by atoms with Gasteiger partial charge in [-0.15, -0.1) is 0 Å². The molecule has 0 aliphatic rings. The van der Waals surface area contributed by atoms with Gasteiger partial charge in [-0.2, -0.15) is 15.4 Å². The highest BCUT2D eigenvalue weighted by Crippen LogP contribution is 2.23. The number of hydrogen-bond acceptors (Lipinski definition) is 4. The van der Waals surface area contributed by atoms with Gasteiger partial charge in [-0.25, -0.2) is 5.43 Å². The maximum atomic E-state index is 5.58. The molecular formula is C11H15N5. The van der Waals surface area contributed by atoms with E-state index >= 15 is 0 Å². The van der Waals surface area contributed by atoms with E-state index in [2.05, 4.69) is 52.9 Å². The Morgan fingerprint density at radius 1 is 1.38 bits per heavy atom. The van der Waals surface area contributed by atoms with Crippen LogP contribution >= 0.6 is 0 Å². The predicted octanol–water partition coefficient (Wildman–Crippen LogP) is 0.974. The van der Waals surface area contributed by atoms with E-state index < -0.39 is 0 Å². The molecule has 4 N–H and O–H groups in total. The van der Waals surface area contributed by atoms with Gasteiger partial charge in [-0.1, -0.05) is 23.8 Å². The number of aromatic amines is 1. The van der Waals surface area contributed by atoms with E-state index in [4.69, 9.17) is 5.84 Å². The molecule has 0 amide bonds. The van der Waals surface area contributed by atoms with Crippen molar-refractivity contribution in [2.45, 2.75) is 19.9 Å². The van der Waals surface area contributed by atoms with Crippen molar-refractivity contribution in [3.05, 3.63) is 46.8 Å². The maximum Gasteiger partial charge on any atom is 0.105 e. The van der Waals surface area contributed by atoms with Crippen molar-refractivity contribution in [3.8, 4) is 0 Å². The van der Waals surface area contributed by atoms with Crippen LogP contribution in [0.1, 0.15) is 28.4 Å². The molecule has 0 saturated heterocycles. The minimum Gasteiger partial charge on any atom is -0.271 e. The van der Waals surface area contributed by atoms with Crippen LogP contribution in [0.2, 0.25) is 0 Å². The van der Waals surface area contributed by atoms with Crippen molar-refractivity contribution in [2.24, 2.45) is 5.84 Å². The number of H-pyrrole nitrogens is 1. The Morgan fingerprint density at radius 3 is 2.81 bits per heavy atom. The molecule has 1 aromatic carbocycles. The smallest absolute Gasteiger partial charge is 0.105 e. The highest BCUT2D eigenvalue weighted by atomic mass is 15.3. The van der Waals surface area contributed by atoms with Gasteiger partial charge in [0.05, 0.1) is 12.2 Å². The van der Waals surface area contributed by atoms with Crippen LogP contribution in [0, 0.1) is 13.8 Å². The summed E-state index contributed by atoms with van der Waals surface area (Å²) in [5, 5.41) is 10.4. The molecule has 2 aromatic rings. The van der Waals surface area contributed by atoms with E-state index in [-0.39, 0.29) is 6.04 Å². The topological polar surface area (TPSA) is 79.6 Å². The first kappa shape index (κ1) is 10.8. The third kappa shape index (κ3) is 1.95. The SMILES string of the molecule is Cc1ccc(C)c(C(NN)c2cn[nH]n2)c1. The molecule has 1 unspecified atom stereocenters. The number of rotatable bonds is 3. The van der Waals surface area contributed by atoms with E-state index in [9.17, 15) is 0 Å². The third-order valence-corrected chi connectivity index (χ3v) is 2.64. The number of aromatic nitrogens is 3. The van der Waals surface area contributed by atoms with E-state index in [1.54, 1.807) is 6.20 Å². The number of benzene rings is 1. The van der Waals surface area contributed by atoms with Gasteiger partial charge in [0.15, 0.2) is 0 Å². The summed E-state index contributed by atoms with van der Waals surface area (Å²) in [4.78, 5) is 0. The van der Waals surface area contributed by atoms with Crippen molar-refractivity contribution in [1.82, 2.24) is 20.8 Å². The van der Waals surface area contributed by atoms with Gasteiger partial charge in [0.25, 0.3) is 0 Å². The van der Waals surface area contributed by atoms with Crippen LogP contribution in [0.5, 0.6) is 0 Å². The molecule has 5 nitrogen and oxygen atoms in total. The average Bonchev–Trinajstić information content (AvgIpc) is 2.78. The molecule has 1 aromatic heterocycles. The van der Waals surface area contributed by atoms with Gasteiger partial charge in [0.2, 0.25) is 0 Å². The third-order valence-electron chi connectivity index (χ3n) is 2.64. The summed E-state index contributed by atoms with van der Waals surface area (Å²) in [5.74, 6) is 5.58. The minimum absolute atomic E-state index is 0.126. The second-order valence-corrected chi connectivity index (χ2v) is 3.85. The highest BCUT2D eigenvalue weighted by Gasteiger charge is 2.16. The quantitative estimate of drug-likeness (QED) is 0.529.